The maximum absolute atomic E-state index is 13.3. The first-order valence-electron chi connectivity index (χ1n) is 9.67. The van der Waals surface area contributed by atoms with E-state index in [-0.39, 0.29) is 17.2 Å². The van der Waals surface area contributed by atoms with Gasteiger partial charge in [-0.05, 0) is 67.0 Å². The van der Waals surface area contributed by atoms with Crippen LogP contribution in [0.1, 0.15) is 48.6 Å². The molecule has 2 aliphatic rings. The van der Waals surface area contributed by atoms with Crippen LogP contribution in [-0.4, -0.2) is 19.9 Å². The van der Waals surface area contributed by atoms with Crippen molar-refractivity contribution in [1.29, 1.82) is 0 Å². The minimum atomic E-state index is -0.539. The zero-order valence-corrected chi connectivity index (χ0v) is 16.5. The predicted molar refractivity (Wildman–Crippen MR) is 108 cm³/mol. The van der Waals surface area contributed by atoms with Crippen molar-refractivity contribution in [2.75, 3.05) is 0 Å². The summed E-state index contributed by atoms with van der Waals surface area (Å²) in [6.45, 7) is 2.28. The Kier molecular flexibility index (Phi) is 4.21. The molecule has 2 heterocycles. The van der Waals surface area contributed by atoms with Crippen molar-refractivity contribution in [3.05, 3.63) is 69.7 Å². The first-order valence-corrected chi connectivity index (χ1v) is 10.6. The molecule has 0 aliphatic heterocycles. The number of hydrogen-bond acceptors (Lipinski definition) is 4. The van der Waals surface area contributed by atoms with Gasteiger partial charge >= 0.3 is 0 Å². The van der Waals surface area contributed by atoms with Gasteiger partial charge in [0.15, 0.2) is 0 Å². The van der Waals surface area contributed by atoms with E-state index in [2.05, 4.69) is 23.1 Å². The van der Waals surface area contributed by atoms with E-state index in [0.29, 0.717) is 0 Å². The monoisotopic (exact) mass is 395 g/mol. The van der Waals surface area contributed by atoms with Crippen molar-refractivity contribution in [2.45, 2.75) is 38.7 Å². The molecule has 2 aliphatic carbocycles. The lowest BCUT2D eigenvalue weighted by Crippen LogP contribution is -2.40. The number of aliphatic hydroxyl groups excluding tert-OH is 1. The molecule has 1 N–H and O–H groups in total. The quantitative estimate of drug-likeness (QED) is 0.683. The van der Waals surface area contributed by atoms with E-state index in [0.717, 1.165) is 42.1 Å². The van der Waals surface area contributed by atoms with Crippen molar-refractivity contribution in [3.63, 3.8) is 0 Å². The average molecular weight is 396 g/mol. The predicted octanol–water partition coefficient (Wildman–Crippen LogP) is 4.95. The number of hydrogen-bond donors (Lipinski definition) is 1. The molecule has 3 atom stereocenters. The fourth-order valence-corrected chi connectivity index (χ4v) is 5.61. The van der Waals surface area contributed by atoms with Crippen LogP contribution < -0.4 is 0 Å². The summed E-state index contributed by atoms with van der Waals surface area (Å²) in [5.41, 5.74) is 4.37. The lowest BCUT2D eigenvalue weighted by molar-refractivity contribution is 0.0216. The van der Waals surface area contributed by atoms with Crippen molar-refractivity contribution in [2.24, 2.45) is 11.3 Å². The van der Waals surface area contributed by atoms with Gasteiger partial charge in [0.1, 0.15) is 16.9 Å². The topological polar surface area (TPSA) is 50.9 Å². The van der Waals surface area contributed by atoms with E-state index in [1.54, 1.807) is 18.3 Å². The Hall–Kier alpha value is -2.31. The number of aromatic nitrogens is 3. The van der Waals surface area contributed by atoms with Crippen LogP contribution in [-0.2, 0) is 6.42 Å². The highest BCUT2D eigenvalue weighted by molar-refractivity contribution is 7.09. The van der Waals surface area contributed by atoms with Crippen LogP contribution in [0.4, 0.5) is 4.39 Å². The molecule has 1 aromatic carbocycles. The summed E-state index contributed by atoms with van der Waals surface area (Å²) in [6, 6.07) is 6.44. The third kappa shape index (κ3) is 2.74. The highest BCUT2D eigenvalue weighted by atomic mass is 32.1. The molecular weight excluding hydrogens is 373 g/mol. The molecule has 0 amide bonds. The van der Waals surface area contributed by atoms with E-state index in [1.165, 1.54) is 34.6 Å². The Labute approximate surface area is 167 Å². The largest absolute Gasteiger partial charge is 0.386 e. The van der Waals surface area contributed by atoms with Gasteiger partial charge in [0.2, 0.25) is 0 Å². The molecule has 0 bridgehead atoms. The van der Waals surface area contributed by atoms with E-state index < -0.39 is 6.10 Å². The number of halogens is 1. The average Bonchev–Trinajstić information content (AvgIpc) is 3.35. The number of nitrogens with zero attached hydrogens (tertiary/aromatic N) is 3. The Morgan fingerprint density at radius 3 is 2.89 bits per heavy atom. The van der Waals surface area contributed by atoms with Crippen molar-refractivity contribution in [3.8, 4) is 5.69 Å². The Morgan fingerprint density at radius 1 is 1.32 bits per heavy atom. The molecule has 28 heavy (non-hydrogen) atoms. The van der Waals surface area contributed by atoms with E-state index >= 15 is 0 Å². The molecule has 6 heteroatoms. The molecule has 1 fully saturated rings. The number of fused-ring (bicyclic) bond motifs is 2. The molecule has 5 rings (SSSR count). The van der Waals surface area contributed by atoms with Gasteiger partial charge in [-0.2, -0.15) is 5.10 Å². The first-order chi connectivity index (χ1) is 13.6. The SMILES string of the molecule is C[C@]12Cc3cnn(-c4ccc(F)cc4)c3C=C1CCC[C@@H]2[C@@H](O)c1nccs1. The minimum absolute atomic E-state index is 0.104. The van der Waals surface area contributed by atoms with Crippen LogP contribution in [0.5, 0.6) is 0 Å². The summed E-state index contributed by atoms with van der Waals surface area (Å²) in [7, 11) is 0. The fraction of sp³-hybridized carbons (Fsp3) is 0.364. The second kappa shape index (κ2) is 6.64. The van der Waals surface area contributed by atoms with Gasteiger partial charge in [-0.25, -0.2) is 14.1 Å². The maximum atomic E-state index is 13.3. The van der Waals surface area contributed by atoms with Gasteiger partial charge < -0.3 is 5.11 Å². The molecule has 2 aromatic heterocycles. The molecular formula is C22H22FN3OS. The molecule has 3 aromatic rings. The van der Waals surface area contributed by atoms with Gasteiger partial charge in [-0.3, -0.25) is 0 Å². The van der Waals surface area contributed by atoms with Crippen LogP contribution in [0.25, 0.3) is 11.8 Å². The third-order valence-electron chi connectivity index (χ3n) is 6.42. The number of benzene rings is 1. The Balaban J connectivity index is 1.54. The van der Waals surface area contributed by atoms with Crippen LogP contribution >= 0.6 is 11.3 Å². The molecule has 144 valence electrons. The molecule has 1 saturated carbocycles. The summed E-state index contributed by atoms with van der Waals surface area (Å²) in [5, 5.41) is 18.4. The summed E-state index contributed by atoms with van der Waals surface area (Å²) in [6.07, 6.45) is 9.33. The smallest absolute Gasteiger partial charge is 0.123 e. The van der Waals surface area contributed by atoms with Gasteiger partial charge in [-0.1, -0.05) is 12.5 Å². The third-order valence-corrected chi connectivity index (χ3v) is 7.27. The van der Waals surface area contributed by atoms with Crippen LogP contribution in [0, 0.1) is 17.2 Å². The van der Waals surface area contributed by atoms with Crippen LogP contribution in [0.2, 0.25) is 0 Å². The number of thiazole rings is 1. The van der Waals surface area contributed by atoms with E-state index in [1.807, 2.05) is 16.3 Å². The van der Waals surface area contributed by atoms with Crippen molar-refractivity contribution >= 4 is 17.4 Å². The normalized spacial score (nSPS) is 25.0. The summed E-state index contributed by atoms with van der Waals surface area (Å²) in [5.74, 6) is -0.108. The Bertz CT molecular complexity index is 1020. The Morgan fingerprint density at radius 2 is 2.14 bits per heavy atom. The summed E-state index contributed by atoms with van der Waals surface area (Å²) < 4.78 is 15.2. The maximum Gasteiger partial charge on any atom is 0.123 e. The standard InChI is InChI=1S/C22H22FN3OS/c1-22-12-14-13-25-26(17-7-5-16(23)6-8-17)19(14)11-15(22)3-2-4-18(22)20(27)21-24-9-10-28-21/h5-11,13,18,20,27H,2-4,12H2,1H3/t18-,20-,22+/m1/s1. The zero-order valence-electron chi connectivity index (χ0n) is 15.7. The summed E-state index contributed by atoms with van der Waals surface area (Å²) >= 11 is 1.52. The number of allylic oxidation sites excluding steroid dienone is 1. The molecule has 0 radical (unpaired) electrons. The second-order valence-corrected chi connectivity index (χ2v) is 8.95. The molecule has 0 saturated heterocycles. The molecule has 0 spiro atoms. The lowest BCUT2D eigenvalue weighted by atomic mass is 9.58. The fourth-order valence-electron chi connectivity index (χ4n) is 4.93. The lowest BCUT2D eigenvalue weighted by Gasteiger charge is -2.47. The van der Waals surface area contributed by atoms with E-state index in [4.69, 9.17) is 0 Å². The van der Waals surface area contributed by atoms with Gasteiger partial charge in [0.25, 0.3) is 0 Å². The minimum Gasteiger partial charge on any atom is -0.386 e. The van der Waals surface area contributed by atoms with Crippen molar-refractivity contribution < 1.29 is 9.50 Å². The summed E-state index contributed by atoms with van der Waals surface area (Å²) in [4.78, 5) is 4.36. The first kappa shape index (κ1) is 17.8. The van der Waals surface area contributed by atoms with Crippen molar-refractivity contribution in [1.82, 2.24) is 14.8 Å². The van der Waals surface area contributed by atoms with Crippen LogP contribution in [0.15, 0.2) is 47.6 Å². The highest BCUT2D eigenvalue weighted by Gasteiger charge is 2.47. The van der Waals surface area contributed by atoms with Crippen LogP contribution in [0.3, 0.4) is 0 Å². The van der Waals surface area contributed by atoms with Gasteiger partial charge in [0.05, 0.1) is 17.6 Å². The molecule has 0 unspecified atom stereocenters. The molecule has 4 nitrogen and oxygen atoms in total. The van der Waals surface area contributed by atoms with E-state index in [9.17, 15) is 9.50 Å². The zero-order chi connectivity index (χ0) is 19.3. The van der Waals surface area contributed by atoms with Gasteiger partial charge in [0, 0.05) is 17.5 Å². The number of rotatable bonds is 3. The highest BCUT2D eigenvalue weighted by Crippen LogP contribution is 2.54. The van der Waals surface area contributed by atoms with Gasteiger partial charge in [-0.15, -0.1) is 11.3 Å². The number of aliphatic hydroxyl groups is 1. The second-order valence-electron chi connectivity index (χ2n) is 8.02.